The van der Waals surface area contributed by atoms with E-state index in [0.29, 0.717) is 19.3 Å². The van der Waals surface area contributed by atoms with Gasteiger partial charge in [0.1, 0.15) is 24.7 Å². The van der Waals surface area contributed by atoms with Crippen LogP contribution in [0.25, 0.3) is 0 Å². The van der Waals surface area contributed by atoms with Gasteiger partial charge in [0.25, 0.3) is 0 Å². The molecule has 3 aromatic carbocycles. The molecule has 0 radical (unpaired) electrons. The maximum absolute atomic E-state index is 5.79. The summed E-state index contributed by atoms with van der Waals surface area (Å²) in [5.74, 6) is 1.74. The summed E-state index contributed by atoms with van der Waals surface area (Å²) in [6, 6.07) is 29.1. The lowest BCUT2D eigenvalue weighted by molar-refractivity contribution is 0.217. The molecular weight excluding hydrogens is 346 g/mol. The summed E-state index contributed by atoms with van der Waals surface area (Å²) >= 11 is 0. The van der Waals surface area contributed by atoms with E-state index in [2.05, 4.69) is 54.7 Å². The maximum Gasteiger partial charge on any atom is 0.122 e. The second-order valence-electron chi connectivity index (χ2n) is 6.73. The Morgan fingerprint density at radius 1 is 0.714 bits per heavy atom. The van der Waals surface area contributed by atoms with Gasteiger partial charge in [-0.05, 0) is 54.8 Å². The van der Waals surface area contributed by atoms with Crippen LogP contribution in [0, 0.1) is 0 Å². The topological polar surface area (TPSA) is 30.5 Å². The number of hydrogen-bond donors (Lipinski definition) is 1. The van der Waals surface area contributed by atoms with Crippen molar-refractivity contribution in [3.8, 4) is 11.5 Å². The van der Waals surface area contributed by atoms with Crippen molar-refractivity contribution in [2.75, 3.05) is 19.8 Å². The third-order valence-electron chi connectivity index (χ3n) is 4.70. The van der Waals surface area contributed by atoms with Crippen LogP contribution in [-0.4, -0.2) is 19.8 Å². The van der Waals surface area contributed by atoms with Crippen LogP contribution in [0.15, 0.2) is 84.9 Å². The fourth-order valence-electron chi connectivity index (χ4n) is 3.17. The molecular formula is C25H29NO2. The van der Waals surface area contributed by atoms with Crippen molar-refractivity contribution in [2.45, 2.75) is 25.8 Å². The monoisotopic (exact) mass is 375 g/mol. The van der Waals surface area contributed by atoms with E-state index in [1.54, 1.807) is 0 Å². The zero-order valence-corrected chi connectivity index (χ0v) is 16.5. The van der Waals surface area contributed by atoms with Gasteiger partial charge in [0.15, 0.2) is 0 Å². The van der Waals surface area contributed by atoms with Crippen LogP contribution in [-0.2, 0) is 6.42 Å². The normalized spacial score (nSPS) is 11.8. The lowest BCUT2D eigenvalue weighted by Gasteiger charge is -2.18. The van der Waals surface area contributed by atoms with Crippen molar-refractivity contribution in [3.05, 3.63) is 96.1 Å². The van der Waals surface area contributed by atoms with Gasteiger partial charge >= 0.3 is 0 Å². The van der Waals surface area contributed by atoms with Gasteiger partial charge in [-0.25, -0.2) is 0 Å². The molecule has 28 heavy (non-hydrogen) atoms. The van der Waals surface area contributed by atoms with Crippen molar-refractivity contribution in [3.63, 3.8) is 0 Å². The van der Waals surface area contributed by atoms with E-state index < -0.39 is 0 Å². The first-order valence-corrected chi connectivity index (χ1v) is 10.0. The molecule has 0 aliphatic rings. The van der Waals surface area contributed by atoms with Crippen LogP contribution in [0.4, 0.5) is 0 Å². The molecule has 0 aliphatic heterocycles. The minimum Gasteiger partial charge on any atom is -0.490 e. The van der Waals surface area contributed by atoms with Gasteiger partial charge in [0.05, 0.1) is 0 Å². The summed E-state index contributed by atoms with van der Waals surface area (Å²) in [5.41, 5.74) is 2.66. The highest BCUT2D eigenvalue weighted by Gasteiger charge is 2.08. The summed E-state index contributed by atoms with van der Waals surface area (Å²) in [7, 11) is 0. The highest BCUT2D eigenvalue weighted by Crippen LogP contribution is 2.20. The SMILES string of the molecule is CCC(NCCc1ccccc1)c1ccc(OCCOc2ccccc2)cc1. The second kappa shape index (κ2) is 11.2. The third kappa shape index (κ3) is 6.43. The minimum atomic E-state index is 0.360. The second-order valence-corrected chi connectivity index (χ2v) is 6.73. The van der Waals surface area contributed by atoms with E-state index in [9.17, 15) is 0 Å². The molecule has 0 fully saturated rings. The molecule has 0 spiro atoms. The van der Waals surface area contributed by atoms with Gasteiger partial charge in [-0.2, -0.15) is 0 Å². The van der Waals surface area contributed by atoms with Crippen molar-refractivity contribution < 1.29 is 9.47 Å². The minimum absolute atomic E-state index is 0.360. The summed E-state index contributed by atoms with van der Waals surface area (Å²) < 4.78 is 11.4. The first-order chi connectivity index (χ1) is 13.8. The lowest BCUT2D eigenvalue weighted by atomic mass is 10.0. The largest absolute Gasteiger partial charge is 0.490 e. The van der Waals surface area contributed by atoms with Crippen LogP contribution in [0.5, 0.6) is 11.5 Å². The van der Waals surface area contributed by atoms with Crippen molar-refractivity contribution in [2.24, 2.45) is 0 Å². The highest BCUT2D eigenvalue weighted by molar-refractivity contribution is 5.29. The Hall–Kier alpha value is -2.78. The van der Waals surface area contributed by atoms with Crippen LogP contribution < -0.4 is 14.8 Å². The highest BCUT2D eigenvalue weighted by atomic mass is 16.5. The van der Waals surface area contributed by atoms with Gasteiger partial charge < -0.3 is 14.8 Å². The van der Waals surface area contributed by atoms with E-state index in [1.807, 2.05) is 42.5 Å². The molecule has 1 unspecified atom stereocenters. The molecule has 0 saturated carbocycles. The van der Waals surface area contributed by atoms with Gasteiger partial charge in [0, 0.05) is 6.04 Å². The Balaban J connectivity index is 1.41. The predicted octanol–water partition coefficient (Wildman–Crippen LogP) is 5.43. The van der Waals surface area contributed by atoms with Gasteiger partial charge in [-0.3, -0.25) is 0 Å². The van der Waals surface area contributed by atoms with Crippen molar-refractivity contribution >= 4 is 0 Å². The molecule has 0 heterocycles. The van der Waals surface area contributed by atoms with Crippen LogP contribution in [0.1, 0.15) is 30.5 Å². The molecule has 3 aromatic rings. The van der Waals surface area contributed by atoms with Gasteiger partial charge in [-0.15, -0.1) is 0 Å². The molecule has 0 bridgehead atoms. The number of ether oxygens (including phenoxy) is 2. The molecule has 0 aromatic heterocycles. The Bertz CT molecular complexity index is 788. The quantitative estimate of drug-likeness (QED) is 0.454. The van der Waals surface area contributed by atoms with E-state index in [4.69, 9.17) is 9.47 Å². The van der Waals surface area contributed by atoms with E-state index in [1.165, 1.54) is 11.1 Å². The van der Waals surface area contributed by atoms with Gasteiger partial charge in [-0.1, -0.05) is 67.6 Å². The van der Waals surface area contributed by atoms with Crippen LogP contribution in [0.2, 0.25) is 0 Å². The summed E-state index contributed by atoms with van der Waals surface area (Å²) in [4.78, 5) is 0. The molecule has 3 heteroatoms. The third-order valence-corrected chi connectivity index (χ3v) is 4.70. The molecule has 0 aliphatic carbocycles. The number of nitrogens with one attached hydrogen (secondary N) is 1. The predicted molar refractivity (Wildman–Crippen MR) is 115 cm³/mol. The zero-order valence-electron chi connectivity index (χ0n) is 16.5. The van der Waals surface area contributed by atoms with Crippen LogP contribution >= 0.6 is 0 Å². The molecule has 0 amide bonds. The average molecular weight is 376 g/mol. The number of rotatable bonds is 11. The van der Waals surface area contributed by atoms with Crippen molar-refractivity contribution in [1.82, 2.24) is 5.32 Å². The van der Waals surface area contributed by atoms with E-state index in [0.717, 1.165) is 30.9 Å². The molecule has 1 N–H and O–H groups in total. The molecule has 3 nitrogen and oxygen atoms in total. The van der Waals surface area contributed by atoms with E-state index >= 15 is 0 Å². The number of hydrogen-bond acceptors (Lipinski definition) is 3. The maximum atomic E-state index is 5.79. The van der Waals surface area contributed by atoms with Gasteiger partial charge in [0.2, 0.25) is 0 Å². The summed E-state index contributed by atoms with van der Waals surface area (Å²) in [5, 5.41) is 3.66. The summed E-state index contributed by atoms with van der Waals surface area (Å²) in [6.45, 7) is 4.24. The Morgan fingerprint density at radius 3 is 1.89 bits per heavy atom. The Labute approximate surface area is 168 Å². The molecule has 0 saturated heterocycles. The van der Waals surface area contributed by atoms with Crippen LogP contribution in [0.3, 0.4) is 0 Å². The van der Waals surface area contributed by atoms with E-state index in [-0.39, 0.29) is 0 Å². The molecule has 146 valence electrons. The summed E-state index contributed by atoms with van der Waals surface area (Å²) in [6.07, 6.45) is 2.10. The number of benzene rings is 3. The first-order valence-electron chi connectivity index (χ1n) is 10.0. The smallest absolute Gasteiger partial charge is 0.122 e. The Kier molecular flexibility index (Phi) is 7.95. The molecule has 1 atom stereocenters. The lowest BCUT2D eigenvalue weighted by Crippen LogP contribution is -2.23. The average Bonchev–Trinajstić information content (AvgIpc) is 2.76. The fraction of sp³-hybridized carbons (Fsp3) is 0.280. The Morgan fingerprint density at radius 2 is 1.29 bits per heavy atom. The van der Waals surface area contributed by atoms with Crippen molar-refractivity contribution in [1.29, 1.82) is 0 Å². The molecule has 3 rings (SSSR count). The first kappa shape index (κ1) is 20.0. The fourth-order valence-corrected chi connectivity index (χ4v) is 3.17. The standard InChI is InChI=1S/C25H29NO2/c1-2-25(26-18-17-21-9-5-3-6-10-21)22-13-15-24(16-14-22)28-20-19-27-23-11-7-4-8-12-23/h3-16,25-26H,2,17-20H2,1H3. The number of para-hydroxylation sites is 1. The zero-order chi connectivity index (χ0) is 19.4.